The van der Waals surface area contributed by atoms with Crippen LogP contribution in [0.15, 0.2) is 139 Å². The number of rotatable bonds is 36. The van der Waals surface area contributed by atoms with Crippen molar-refractivity contribution in [2.24, 2.45) is 11.5 Å². The molecule has 103 heavy (non-hydrogen) atoms. The van der Waals surface area contributed by atoms with E-state index in [-0.39, 0.29) is 109 Å². The van der Waals surface area contributed by atoms with Crippen LogP contribution in [0, 0.1) is 11.8 Å². The third kappa shape index (κ3) is 25.2. The van der Waals surface area contributed by atoms with Crippen molar-refractivity contribution in [1.29, 1.82) is 0 Å². The Labute approximate surface area is 584 Å². The number of benzene rings is 3. The number of hydrogen-bond donors (Lipinski definition) is 14. The third-order valence-electron chi connectivity index (χ3n) is 14.4. The summed E-state index contributed by atoms with van der Waals surface area (Å²) >= 11 is 0. The lowest BCUT2D eigenvalue weighted by atomic mass is 10.1. The fourth-order valence-corrected chi connectivity index (χ4v) is 13.2. The van der Waals surface area contributed by atoms with Crippen LogP contribution in [-0.4, -0.2) is 166 Å². The number of phosphoric ester groups is 1. The lowest BCUT2D eigenvalue weighted by Gasteiger charge is -2.21. The highest BCUT2D eigenvalue weighted by Gasteiger charge is 2.44. The number of unbranched alkanes of at least 4 members (excludes halogenated alkanes) is 2. The zero-order valence-electron chi connectivity index (χ0n) is 54.1. The molecule has 552 valence electrons. The van der Waals surface area contributed by atoms with Crippen molar-refractivity contribution < 1.29 is 111 Å². The summed E-state index contributed by atoms with van der Waals surface area (Å²) in [6, 6.07) is 15.7. The average Bonchev–Trinajstić information content (AvgIpc) is 1.73. The van der Waals surface area contributed by atoms with Crippen LogP contribution in [0.25, 0.3) is 33.5 Å². The second kappa shape index (κ2) is 36.7. The number of oxazole rings is 1. The summed E-state index contributed by atoms with van der Waals surface area (Å²) in [5.41, 5.74) is 17.5. The molecule has 17 N–H and O–H groups in total. The molecule has 7 atom stereocenters. The first-order valence-corrected chi connectivity index (χ1v) is 37.1. The van der Waals surface area contributed by atoms with Gasteiger partial charge in [0.15, 0.2) is 5.58 Å². The van der Waals surface area contributed by atoms with Crippen LogP contribution in [0.1, 0.15) is 64.6 Å². The van der Waals surface area contributed by atoms with Gasteiger partial charge in [-0.3, -0.25) is 37.6 Å². The number of ether oxygens (including phenoxy) is 4. The number of allylic oxidation sites excluding steroid dienone is 6. The molecule has 1 aliphatic carbocycles. The highest BCUT2D eigenvalue weighted by atomic mass is 32.2. The van der Waals surface area contributed by atoms with Gasteiger partial charge >= 0.3 is 34.8 Å². The molecule has 42 heteroatoms. The van der Waals surface area contributed by atoms with Crippen LogP contribution < -0.4 is 65.2 Å². The number of phosphoric acid groups is 3. The molecule has 4 heterocycles. The smallest absolute Gasteiger partial charge is 0.489 e. The standard InChI is InChI=1S/C61H71N12O26P3S/c62-36-93-49-30-53(95-50(49)33-94-101(84,85)99-102(86,87)98-100(81,82)83)73-32-41(54(64)72-61(73)80)15-10-23-66-52(74)35-92-51(63)34-91-43-16-9-14-39(26-43)56(76)67-21-7-4-8-22-68-58(78)46(31-69-55(75)37-12-5-2-1-3-6-13-37)70-57(77)40-18-20-47-45(28-40)71-59(96-47)44-27-38-17-19-42(29-48(38)97-60(44)79)65-24-11-25-103(88,89)90/h1-3,5-6,9,12-14,16-20,26-29,32,46,49-51,53,65H,4,7-8,11,21-25,30-31,33-36,62-63H2,(H,66,74)(H,67,76)(H,68,78)(H,69,75)(H,70,77)(H,84,85)(H,86,87)(H2,64,72,80)(H2,81,82,83)(H,88,89,90)/b2-1-,3-1?,5-2?,6-3-,12-5-,13-6?,37-12?,37-13+. The van der Waals surface area contributed by atoms with E-state index in [4.69, 9.17) is 59.3 Å². The third-order valence-corrected chi connectivity index (χ3v) is 19.1. The van der Waals surface area contributed by atoms with Gasteiger partial charge in [-0.1, -0.05) is 48.3 Å². The Morgan fingerprint density at radius 2 is 1.55 bits per heavy atom. The monoisotopic (exact) mass is 1510 g/mol. The van der Waals surface area contributed by atoms with E-state index in [0.717, 1.165) is 4.57 Å². The van der Waals surface area contributed by atoms with Crippen molar-refractivity contribution in [2.45, 2.75) is 62.8 Å². The van der Waals surface area contributed by atoms with Gasteiger partial charge in [-0.2, -0.15) is 22.0 Å². The first-order valence-electron chi connectivity index (χ1n) is 30.9. The predicted molar refractivity (Wildman–Crippen MR) is 365 cm³/mol. The highest BCUT2D eigenvalue weighted by Crippen LogP contribution is 2.66. The van der Waals surface area contributed by atoms with Crippen molar-refractivity contribution >= 4 is 96.7 Å². The summed E-state index contributed by atoms with van der Waals surface area (Å²) in [5.74, 6) is 1.87. The number of carbonyl (C=O) groups is 5. The predicted octanol–water partition coefficient (Wildman–Crippen LogP) is 1.75. The van der Waals surface area contributed by atoms with Gasteiger partial charge in [0.25, 0.3) is 27.8 Å². The van der Waals surface area contributed by atoms with Gasteiger partial charge in [-0.25, -0.2) is 28.3 Å². The molecule has 2 aliphatic rings. The first-order chi connectivity index (χ1) is 48.9. The average molecular weight is 1510 g/mol. The van der Waals surface area contributed by atoms with Crippen LogP contribution in [0.3, 0.4) is 0 Å². The molecule has 38 nitrogen and oxygen atoms in total. The number of hydrogen-bond acceptors (Lipinski definition) is 27. The molecule has 7 unspecified atom stereocenters. The van der Waals surface area contributed by atoms with Crippen LogP contribution in [0.2, 0.25) is 0 Å². The molecule has 1 fully saturated rings. The van der Waals surface area contributed by atoms with Gasteiger partial charge in [0, 0.05) is 72.6 Å². The van der Waals surface area contributed by atoms with Gasteiger partial charge in [-0.15, -0.1) is 0 Å². The van der Waals surface area contributed by atoms with E-state index in [1.165, 1.54) is 36.5 Å². The molecule has 0 bridgehead atoms. The molecule has 3 aromatic heterocycles. The summed E-state index contributed by atoms with van der Waals surface area (Å²) in [5, 5.41) is 17.1. The molecule has 0 saturated carbocycles. The van der Waals surface area contributed by atoms with Crippen molar-refractivity contribution in [2.75, 3.05) is 76.1 Å². The minimum atomic E-state index is -5.82. The normalized spacial score (nSPS) is 18.4. The Bertz CT molecular complexity index is 4700. The Morgan fingerprint density at radius 3 is 2.32 bits per heavy atom. The fourth-order valence-electron chi connectivity index (χ4n) is 9.62. The summed E-state index contributed by atoms with van der Waals surface area (Å²) in [4.78, 5) is 138. The molecule has 0 spiro atoms. The van der Waals surface area contributed by atoms with E-state index in [1.807, 2.05) is 0 Å². The van der Waals surface area contributed by atoms with Gasteiger partial charge in [-0.05, 0) is 92.4 Å². The van der Waals surface area contributed by atoms with Crippen molar-refractivity contribution in [3.63, 3.8) is 0 Å². The van der Waals surface area contributed by atoms with Gasteiger partial charge in [0.2, 0.25) is 17.7 Å². The zero-order valence-corrected chi connectivity index (χ0v) is 57.6. The van der Waals surface area contributed by atoms with E-state index in [1.54, 1.807) is 78.9 Å². The van der Waals surface area contributed by atoms with Gasteiger partial charge < -0.3 is 96.5 Å². The minimum Gasteiger partial charge on any atom is -0.489 e. The zero-order chi connectivity index (χ0) is 74.5. The number of nitrogen functional groups attached to an aromatic ring is 1. The Hall–Kier alpha value is -9.39. The molecule has 1 aliphatic heterocycles. The molecular weight excluding hydrogens is 1440 g/mol. The Kier molecular flexibility index (Phi) is 28.2. The van der Waals surface area contributed by atoms with E-state index in [0.29, 0.717) is 35.9 Å². The first kappa shape index (κ1) is 79.3. The number of anilines is 2. The summed E-state index contributed by atoms with van der Waals surface area (Å²) < 4.78 is 113. The van der Waals surface area contributed by atoms with Gasteiger partial charge in [0.05, 0.1) is 37.3 Å². The SMILES string of the molecule is NCOC1CC(n2cc(C#CCNC(=O)COC(N)COc3cccc(C(=O)NCCCCCNC(=O)C(CNC(=O)C4=C/C=C\C=C/C=C\4)NC(=O)c4ccc5oc(-c6cc7ccc(NCCCS(=O)(=O)O)cc7oc6=O)nc5c4)c3)c(N)nc2=O)OC1COP(=O)(O)OP(=O)(O)OP(=O)(O)O. The highest BCUT2D eigenvalue weighted by molar-refractivity contribution is 7.85. The van der Waals surface area contributed by atoms with Crippen LogP contribution in [0.5, 0.6) is 5.75 Å². The summed E-state index contributed by atoms with van der Waals surface area (Å²) in [6.45, 7) is -1.99. The number of fused-ring (bicyclic) bond motifs is 2. The maximum Gasteiger partial charge on any atom is 0.490 e. The Morgan fingerprint density at radius 1 is 0.796 bits per heavy atom. The van der Waals surface area contributed by atoms with Gasteiger partial charge in [0.1, 0.15) is 66.0 Å². The number of nitrogens with two attached hydrogens (primary N) is 3. The van der Waals surface area contributed by atoms with E-state index < -0.39 is 131 Å². The van der Waals surface area contributed by atoms with Crippen molar-refractivity contribution in [3.05, 3.63) is 159 Å². The quantitative estimate of drug-likeness (QED) is 0.00665. The maximum atomic E-state index is 13.9. The summed E-state index contributed by atoms with van der Waals surface area (Å²) in [6.07, 6.45) is 9.79. The lowest BCUT2D eigenvalue weighted by molar-refractivity contribution is -0.128. The minimum absolute atomic E-state index is 0.00282. The van der Waals surface area contributed by atoms with Crippen molar-refractivity contribution in [1.82, 2.24) is 41.1 Å². The number of nitrogens with one attached hydrogen (secondary N) is 6. The van der Waals surface area contributed by atoms with Crippen LogP contribution >= 0.6 is 23.5 Å². The fraction of sp³-hybridized carbons (Fsp3) is 0.328. The summed E-state index contributed by atoms with van der Waals surface area (Å²) in [7, 11) is -21.1. The maximum absolute atomic E-state index is 13.9. The molecule has 6 aromatic rings. The van der Waals surface area contributed by atoms with Crippen molar-refractivity contribution in [3.8, 4) is 29.0 Å². The van der Waals surface area contributed by atoms with Crippen LogP contribution in [-0.2, 0) is 65.6 Å². The van der Waals surface area contributed by atoms with E-state index >= 15 is 0 Å². The van der Waals surface area contributed by atoms with E-state index in [2.05, 4.69) is 66.9 Å². The second-order valence-corrected chi connectivity index (χ2v) is 28.2. The molecule has 0 radical (unpaired) electrons. The molecule has 3 aromatic carbocycles. The number of aromatic nitrogens is 3. The number of nitrogens with zero attached hydrogens (tertiary/aromatic N) is 3. The molecule has 1 saturated heterocycles. The Balaban J connectivity index is 0.754. The second-order valence-electron chi connectivity index (χ2n) is 22.2. The number of carbonyl (C=O) groups excluding carboxylic acids is 5. The molecule has 5 amide bonds. The number of amides is 5. The molecule has 8 rings (SSSR count). The lowest BCUT2D eigenvalue weighted by Crippen LogP contribution is -2.52. The van der Waals surface area contributed by atoms with E-state index in [9.17, 15) is 65.5 Å². The largest absolute Gasteiger partial charge is 0.490 e. The molecular formula is C61H71N12O26P3S. The van der Waals surface area contributed by atoms with Crippen LogP contribution in [0.4, 0.5) is 11.5 Å². The topological polar surface area (TPSA) is 578 Å².